The molecule has 0 saturated heterocycles. The number of esters is 2. The Kier molecular flexibility index (Phi) is 18.3. The first-order valence-electron chi connectivity index (χ1n) is 20.6. The van der Waals surface area contributed by atoms with Crippen LogP contribution in [0.4, 0.5) is 0 Å². The molecule has 2 aromatic carbocycles. The van der Waals surface area contributed by atoms with Crippen molar-refractivity contribution in [3.8, 4) is 5.75 Å². The van der Waals surface area contributed by atoms with Gasteiger partial charge in [0.05, 0.1) is 24.2 Å². The highest BCUT2D eigenvalue weighted by atomic mass is 35.5. The fourth-order valence-electron chi connectivity index (χ4n) is 7.59. The molecule has 2 amide bonds. The Morgan fingerprint density at radius 3 is 2.09 bits per heavy atom. The topological polar surface area (TPSA) is 129 Å². The fourth-order valence-corrected chi connectivity index (χ4v) is 13.3. The van der Waals surface area contributed by atoms with Crippen molar-refractivity contribution in [1.82, 2.24) is 10.6 Å². The number of nitrogens with one attached hydrogen (secondary N) is 2. The van der Waals surface area contributed by atoms with Crippen molar-refractivity contribution in [3.05, 3.63) is 82.4 Å². The summed E-state index contributed by atoms with van der Waals surface area (Å²) in [6.07, 6.45) is 5.56. The molecule has 0 saturated carbocycles. The van der Waals surface area contributed by atoms with Gasteiger partial charge in [-0.1, -0.05) is 122 Å². The standard InChI is InChI=1S/C46H67ClN2O8Si/c1-29(2)24-41-44(52)56-39(33(9)16-17-34-18-20-35(21-19-34)27-55-58(30(3)4,31(5)6)32(7)8)14-13-15-42(50)49-38(26-36-22-23-40(54-12)37(47)25-36)43(51)48-28-46(10,11)45(53)57-41/h13-14,16-23,25,29-33,38-39,41H,15,24,26-28H2,1-12H3,(H,48,51)(H,49,50)/t33-,38-,39?,41+/m1/s1. The summed E-state index contributed by atoms with van der Waals surface area (Å²) in [5.74, 6) is -2.07. The molecule has 58 heavy (non-hydrogen) atoms. The molecule has 4 atom stereocenters. The molecule has 1 aliphatic heterocycles. The summed E-state index contributed by atoms with van der Waals surface area (Å²) in [4.78, 5) is 54.2. The highest BCUT2D eigenvalue weighted by Crippen LogP contribution is 2.42. The zero-order valence-electron chi connectivity index (χ0n) is 36.6. The van der Waals surface area contributed by atoms with Crippen LogP contribution in [0.2, 0.25) is 21.6 Å². The number of amides is 2. The van der Waals surface area contributed by atoms with Gasteiger partial charge in [0.15, 0.2) is 6.10 Å². The molecule has 1 unspecified atom stereocenters. The maximum absolute atomic E-state index is 13.7. The average molecular weight is 840 g/mol. The summed E-state index contributed by atoms with van der Waals surface area (Å²) in [6.45, 7) is 23.2. The summed E-state index contributed by atoms with van der Waals surface area (Å²) >= 11 is 6.36. The normalized spacial score (nSPS) is 20.7. The van der Waals surface area contributed by atoms with E-state index in [2.05, 4.69) is 64.3 Å². The molecule has 3 rings (SSSR count). The van der Waals surface area contributed by atoms with Gasteiger partial charge in [0.2, 0.25) is 20.1 Å². The van der Waals surface area contributed by atoms with Crippen LogP contribution in [0.1, 0.15) is 106 Å². The minimum absolute atomic E-state index is 0.00855. The van der Waals surface area contributed by atoms with E-state index in [0.717, 1.165) is 11.1 Å². The quantitative estimate of drug-likeness (QED) is 0.109. The second-order valence-electron chi connectivity index (χ2n) is 17.5. The Labute approximate surface area is 353 Å². The lowest BCUT2D eigenvalue weighted by atomic mass is 9.93. The highest BCUT2D eigenvalue weighted by molar-refractivity contribution is 6.77. The van der Waals surface area contributed by atoms with Gasteiger partial charge in [-0.3, -0.25) is 14.4 Å². The lowest BCUT2D eigenvalue weighted by Crippen LogP contribution is -2.51. The average Bonchev–Trinajstić information content (AvgIpc) is 3.14. The van der Waals surface area contributed by atoms with Crippen LogP contribution in [0.3, 0.4) is 0 Å². The molecule has 2 aromatic rings. The molecule has 320 valence electrons. The number of benzene rings is 2. The molecule has 12 heteroatoms. The van der Waals surface area contributed by atoms with Gasteiger partial charge in [-0.25, -0.2) is 4.79 Å². The van der Waals surface area contributed by atoms with Gasteiger partial charge in [-0.2, -0.15) is 0 Å². The van der Waals surface area contributed by atoms with E-state index in [9.17, 15) is 19.2 Å². The molecule has 2 N–H and O–H groups in total. The van der Waals surface area contributed by atoms with Crippen LogP contribution in [-0.4, -0.2) is 64.0 Å². The number of ether oxygens (including phenoxy) is 3. The number of halogens is 1. The van der Waals surface area contributed by atoms with Crippen molar-refractivity contribution < 1.29 is 37.8 Å². The zero-order chi connectivity index (χ0) is 43.4. The molecule has 1 heterocycles. The van der Waals surface area contributed by atoms with Crippen LogP contribution in [0.15, 0.2) is 60.7 Å². The Morgan fingerprint density at radius 1 is 0.897 bits per heavy atom. The number of carbonyl (C=O) groups excluding carboxylic acids is 4. The van der Waals surface area contributed by atoms with Crippen molar-refractivity contribution in [2.45, 2.75) is 137 Å². The van der Waals surface area contributed by atoms with Crippen molar-refractivity contribution in [2.24, 2.45) is 17.3 Å². The summed E-state index contributed by atoms with van der Waals surface area (Å²) in [5.41, 5.74) is 3.06. The van der Waals surface area contributed by atoms with Crippen molar-refractivity contribution in [2.75, 3.05) is 13.7 Å². The summed E-state index contributed by atoms with van der Waals surface area (Å²) < 4.78 is 24.0. The van der Waals surface area contributed by atoms with Gasteiger partial charge in [0, 0.05) is 25.3 Å². The maximum atomic E-state index is 13.7. The Morgan fingerprint density at radius 2 is 1.52 bits per heavy atom. The second-order valence-corrected chi connectivity index (χ2v) is 23.4. The molecule has 0 fully saturated rings. The smallest absolute Gasteiger partial charge is 0.348 e. The number of methoxy groups -OCH3 is 1. The van der Waals surface area contributed by atoms with Crippen LogP contribution in [0.5, 0.6) is 5.75 Å². The van der Waals surface area contributed by atoms with E-state index in [1.807, 2.05) is 45.1 Å². The number of hydrogen-bond acceptors (Lipinski definition) is 8. The first-order valence-corrected chi connectivity index (χ1v) is 23.1. The van der Waals surface area contributed by atoms with E-state index in [1.165, 1.54) is 7.11 Å². The van der Waals surface area contributed by atoms with E-state index in [0.29, 0.717) is 39.6 Å². The molecule has 0 aliphatic carbocycles. The van der Waals surface area contributed by atoms with Crippen LogP contribution in [0.25, 0.3) is 6.08 Å². The molecule has 0 spiro atoms. The van der Waals surface area contributed by atoms with Crippen LogP contribution < -0.4 is 15.4 Å². The van der Waals surface area contributed by atoms with Crippen molar-refractivity contribution in [3.63, 3.8) is 0 Å². The highest BCUT2D eigenvalue weighted by Gasteiger charge is 2.45. The Balaban J connectivity index is 1.89. The Hall–Kier alpha value is -3.93. The summed E-state index contributed by atoms with van der Waals surface area (Å²) in [7, 11) is -0.495. The lowest BCUT2D eigenvalue weighted by molar-refractivity contribution is -0.177. The van der Waals surface area contributed by atoms with E-state index >= 15 is 0 Å². The first kappa shape index (κ1) is 48.4. The fraction of sp³-hybridized carbons (Fsp3) is 0.565. The second kappa shape index (κ2) is 21.9. The van der Waals surface area contributed by atoms with Gasteiger partial charge in [-0.05, 0) is 77.7 Å². The lowest BCUT2D eigenvalue weighted by Gasteiger charge is -2.42. The SMILES string of the molecule is COc1ccc(C[C@H]2NC(=O)CC=CC([C@H](C)C=Cc3ccc(CO[Si](C(C)C)(C(C)C)C(C)C)cc3)OC(=O)[C@H](CC(C)C)OC(=O)C(C)(C)CNC2=O)cc1Cl. The molecule has 0 bridgehead atoms. The maximum Gasteiger partial charge on any atom is 0.348 e. The number of rotatable bonds is 14. The molecular weight excluding hydrogens is 772 g/mol. The molecule has 0 aromatic heterocycles. The van der Waals surface area contributed by atoms with Crippen molar-refractivity contribution >= 4 is 49.7 Å². The molecular formula is C46H67ClN2O8Si. The number of carbonyl (C=O) groups is 4. The number of hydrogen-bond donors (Lipinski definition) is 2. The summed E-state index contributed by atoms with van der Waals surface area (Å²) in [5, 5.41) is 6.00. The monoisotopic (exact) mass is 838 g/mol. The van der Waals surface area contributed by atoms with Crippen LogP contribution in [-0.2, 0) is 46.1 Å². The molecule has 10 nitrogen and oxygen atoms in total. The first-order chi connectivity index (χ1) is 27.2. The third kappa shape index (κ3) is 13.6. The van der Waals surface area contributed by atoms with E-state index in [-0.39, 0.29) is 37.6 Å². The predicted molar refractivity (Wildman–Crippen MR) is 234 cm³/mol. The largest absolute Gasteiger partial charge is 0.495 e. The van der Waals surface area contributed by atoms with Crippen LogP contribution >= 0.6 is 11.6 Å². The summed E-state index contributed by atoms with van der Waals surface area (Å²) in [6, 6.07) is 12.4. The third-order valence-corrected chi connectivity index (χ3v) is 17.3. The third-order valence-electron chi connectivity index (χ3n) is 10.9. The zero-order valence-corrected chi connectivity index (χ0v) is 38.4. The van der Waals surface area contributed by atoms with Crippen LogP contribution in [0, 0.1) is 17.3 Å². The Bertz CT molecular complexity index is 1730. The molecule has 0 radical (unpaired) electrons. The number of cyclic esters (lactones) is 2. The minimum Gasteiger partial charge on any atom is -0.495 e. The van der Waals surface area contributed by atoms with Crippen molar-refractivity contribution in [1.29, 1.82) is 0 Å². The van der Waals surface area contributed by atoms with Gasteiger partial charge in [0.1, 0.15) is 17.9 Å². The van der Waals surface area contributed by atoms with Gasteiger partial charge in [0.25, 0.3) is 0 Å². The predicted octanol–water partition coefficient (Wildman–Crippen LogP) is 9.39. The van der Waals surface area contributed by atoms with Gasteiger partial charge >= 0.3 is 11.9 Å². The van der Waals surface area contributed by atoms with E-state index in [1.54, 1.807) is 44.2 Å². The van der Waals surface area contributed by atoms with E-state index in [4.69, 9.17) is 30.2 Å². The minimum atomic E-state index is -2.01. The molecule has 1 aliphatic rings. The van der Waals surface area contributed by atoms with Gasteiger partial charge < -0.3 is 29.3 Å². The van der Waals surface area contributed by atoms with Gasteiger partial charge in [-0.15, -0.1) is 0 Å². The van der Waals surface area contributed by atoms with E-state index < -0.39 is 55.7 Å².